The summed E-state index contributed by atoms with van der Waals surface area (Å²) in [4.78, 5) is 16.1. The maximum atomic E-state index is 12.5. The number of rotatable bonds is 4. The lowest BCUT2D eigenvalue weighted by Crippen LogP contribution is -2.36. The molecule has 5 heteroatoms. The Morgan fingerprint density at radius 1 is 1.33 bits per heavy atom. The number of hydrogen-bond donors (Lipinski definition) is 1. The monoisotopic (exact) mass is 280 g/mol. The molecule has 2 N–H and O–H groups in total. The van der Waals surface area contributed by atoms with Crippen molar-refractivity contribution in [1.29, 1.82) is 0 Å². The van der Waals surface area contributed by atoms with Crippen molar-refractivity contribution < 1.29 is 4.79 Å². The van der Waals surface area contributed by atoms with Crippen molar-refractivity contribution in [3.63, 3.8) is 0 Å². The van der Waals surface area contributed by atoms with Crippen molar-refractivity contribution in [3.05, 3.63) is 38.7 Å². The molecule has 0 spiro atoms. The predicted octanol–water partition coefficient (Wildman–Crippen LogP) is 3.44. The SMILES string of the molecule is CC(C)N(Cc1cccs1)C(=O)c1sccc1N. The predicted molar refractivity (Wildman–Crippen MR) is 78.1 cm³/mol. The Morgan fingerprint density at radius 3 is 2.61 bits per heavy atom. The van der Waals surface area contributed by atoms with Crippen LogP contribution in [-0.4, -0.2) is 16.8 Å². The third kappa shape index (κ3) is 2.73. The van der Waals surface area contributed by atoms with E-state index in [0.29, 0.717) is 17.1 Å². The van der Waals surface area contributed by atoms with Gasteiger partial charge in [-0.15, -0.1) is 22.7 Å². The first-order valence-electron chi connectivity index (χ1n) is 5.76. The summed E-state index contributed by atoms with van der Waals surface area (Å²) in [6.07, 6.45) is 0. The highest BCUT2D eigenvalue weighted by Gasteiger charge is 2.22. The summed E-state index contributed by atoms with van der Waals surface area (Å²) in [6.45, 7) is 4.69. The van der Waals surface area contributed by atoms with Crippen molar-refractivity contribution in [2.75, 3.05) is 5.73 Å². The van der Waals surface area contributed by atoms with Crippen molar-refractivity contribution in [1.82, 2.24) is 4.90 Å². The van der Waals surface area contributed by atoms with Gasteiger partial charge in [-0.2, -0.15) is 0 Å². The van der Waals surface area contributed by atoms with E-state index in [4.69, 9.17) is 5.73 Å². The Bertz CT molecular complexity index is 517. The van der Waals surface area contributed by atoms with E-state index >= 15 is 0 Å². The Morgan fingerprint density at radius 2 is 2.11 bits per heavy atom. The van der Waals surface area contributed by atoms with Gasteiger partial charge in [0, 0.05) is 10.9 Å². The molecule has 0 saturated heterocycles. The van der Waals surface area contributed by atoms with Crippen LogP contribution < -0.4 is 5.73 Å². The largest absolute Gasteiger partial charge is 0.397 e. The highest BCUT2D eigenvalue weighted by molar-refractivity contribution is 7.12. The number of carbonyl (C=O) groups excluding carboxylic acids is 1. The van der Waals surface area contributed by atoms with Crippen LogP contribution >= 0.6 is 22.7 Å². The van der Waals surface area contributed by atoms with Crippen molar-refractivity contribution in [2.45, 2.75) is 26.4 Å². The molecule has 2 aromatic heterocycles. The molecule has 0 unspecified atom stereocenters. The van der Waals surface area contributed by atoms with E-state index < -0.39 is 0 Å². The lowest BCUT2D eigenvalue weighted by Gasteiger charge is -2.26. The molecule has 1 amide bonds. The van der Waals surface area contributed by atoms with E-state index in [1.807, 2.05) is 41.6 Å². The Labute approximate surface area is 115 Å². The number of carbonyl (C=O) groups is 1. The van der Waals surface area contributed by atoms with E-state index in [1.165, 1.54) is 16.2 Å². The second-order valence-electron chi connectivity index (χ2n) is 4.31. The first-order chi connectivity index (χ1) is 8.59. The minimum Gasteiger partial charge on any atom is -0.397 e. The van der Waals surface area contributed by atoms with Gasteiger partial charge in [0.15, 0.2) is 0 Å². The summed E-state index contributed by atoms with van der Waals surface area (Å²) in [5.41, 5.74) is 6.39. The van der Waals surface area contributed by atoms with Gasteiger partial charge in [0.2, 0.25) is 0 Å². The molecular formula is C13H16N2OS2. The second-order valence-corrected chi connectivity index (χ2v) is 6.26. The molecule has 0 aliphatic heterocycles. The number of nitrogens with two attached hydrogens (primary N) is 1. The molecule has 0 bridgehead atoms. The van der Waals surface area contributed by atoms with Gasteiger partial charge < -0.3 is 10.6 Å². The average molecular weight is 280 g/mol. The van der Waals surface area contributed by atoms with Crippen LogP contribution in [0, 0.1) is 0 Å². The zero-order valence-corrected chi connectivity index (χ0v) is 12.1. The van der Waals surface area contributed by atoms with Crippen LogP contribution in [0.4, 0.5) is 5.69 Å². The number of amides is 1. The van der Waals surface area contributed by atoms with Crippen LogP contribution in [0.5, 0.6) is 0 Å². The number of hydrogen-bond acceptors (Lipinski definition) is 4. The number of nitrogens with zero attached hydrogens (tertiary/aromatic N) is 1. The number of anilines is 1. The van der Waals surface area contributed by atoms with E-state index in [2.05, 4.69) is 0 Å². The highest BCUT2D eigenvalue weighted by atomic mass is 32.1. The normalized spacial score (nSPS) is 10.8. The van der Waals surface area contributed by atoms with Gasteiger partial charge in [-0.3, -0.25) is 4.79 Å². The summed E-state index contributed by atoms with van der Waals surface area (Å²) in [6, 6.07) is 5.98. The Kier molecular flexibility index (Phi) is 4.04. The lowest BCUT2D eigenvalue weighted by molar-refractivity contribution is 0.0698. The van der Waals surface area contributed by atoms with Gasteiger partial charge in [-0.05, 0) is 36.7 Å². The van der Waals surface area contributed by atoms with Crippen LogP contribution in [0.15, 0.2) is 29.0 Å². The maximum Gasteiger partial charge on any atom is 0.266 e. The lowest BCUT2D eigenvalue weighted by atomic mass is 10.2. The van der Waals surface area contributed by atoms with E-state index in [-0.39, 0.29) is 11.9 Å². The minimum absolute atomic E-state index is 0.0194. The van der Waals surface area contributed by atoms with Crippen molar-refractivity contribution >= 4 is 34.3 Å². The molecule has 2 heterocycles. The molecule has 0 radical (unpaired) electrons. The van der Waals surface area contributed by atoms with Crippen molar-refractivity contribution in [3.8, 4) is 0 Å². The smallest absolute Gasteiger partial charge is 0.266 e. The van der Waals surface area contributed by atoms with Crippen LogP contribution in [-0.2, 0) is 6.54 Å². The van der Waals surface area contributed by atoms with Gasteiger partial charge in [-0.1, -0.05) is 6.07 Å². The van der Waals surface area contributed by atoms with Crippen molar-refractivity contribution in [2.24, 2.45) is 0 Å². The van der Waals surface area contributed by atoms with E-state index in [0.717, 1.165) is 0 Å². The van der Waals surface area contributed by atoms with Gasteiger partial charge >= 0.3 is 0 Å². The summed E-state index contributed by atoms with van der Waals surface area (Å²) in [5, 5.41) is 3.88. The fourth-order valence-electron chi connectivity index (χ4n) is 1.68. The highest BCUT2D eigenvalue weighted by Crippen LogP contribution is 2.23. The molecule has 0 aliphatic rings. The topological polar surface area (TPSA) is 46.3 Å². The standard InChI is InChI=1S/C13H16N2OS2/c1-9(2)15(8-10-4-3-6-17-10)13(16)12-11(14)5-7-18-12/h3-7,9H,8,14H2,1-2H3. The number of thiophene rings is 2. The fraction of sp³-hybridized carbons (Fsp3) is 0.308. The molecule has 2 aromatic rings. The molecule has 0 fully saturated rings. The van der Waals surface area contributed by atoms with Crippen LogP contribution in [0.2, 0.25) is 0 Å². The minimum atomic E-state index is 0.0194. The quantitative estimate of drug-likeness (QED) is 0.932. The first kappa shape index (κ1) is 13.1. The van der Waals surface area contributed by atoms with Gasteiger partial charge in [0.05, 0.1) is 12.2 Å². The Hall–Kier alpha value is -1.33. The fourth-order valence-corrected chi connectivity index (χ4v) is 3.16. The van der Waals surface area contributed by atoms with Crippen LogP contribution in [0.3, 0.4) is 0 Å². The molecule has 0 saturated carbocycles. The summed E-state index contributed by atoms with van der Waals surface area (Å²) < 4.78 is 0. The molecule has 3 nitrogen and oxygen atoms in total. The summed E-state index contributed by atoms with van der Waals surface area (Å²) in [7, 11) is 0. The first-order valence-corrected chi connectivity index (χ1v) is 7.52. The molecule has 0 atom stereocenters. The average Bonchev–Trinajstić information content (AvgIpc) is 2.95. The zero-order valence-electron chi connectivity index (χ0n) is 10.4. The summed E-state index contributed by atoms with van der Waals surface area (Å²) in [5.74, 6) is 0.0194. The molecule has 18 heavy (non-hydrogen) atoms. The molecule has 2 rings (SSSR count). The zero-order chi connectivity index (χ0) is 13.1. The molecule has 0 aliphatic carbocycles. The van der Waals surface area contributed by atoms with Crippen LogP contribution in [0.1, 0.15) is 28.4 Å². The Balaban J connectivity index is 2.20. The van der Waals surface area contributed by atoms with E-state index in [9.17, 15) is 4.79 Å². The number of nitrogen functional groups attached to an aromatic ring is 1. The van der Waals surface area contributed by atoms with E-state index in [1.54, 1.807) is 17.4 Å². The molecular weight excluding hydrogens is 264 g/mol. The summed E-state index contributed by atoms with van der Waals surface area (Å²) >= 11 is 3.07. The van der Waals surface area contributed by atoms with Gasteiger partial charge in [-0.25, -0.2) is 0 Å². The second kappa shape index (κ2) is 5.54. The van der Waals surface area contributed by atoms with Gasteiger partial charge in [0.1, 0.15) is 4.88 Å². The molecule has 0 aromatic carbocycles. The maximum absolute atomic E-state index is 12.5. The third-order valence-electron chi connectivity index (χ3n) is 2.68. The third-order valence-corrected chi connectivity index (χ3v) is 4.46. The molecule has 96 valence electrons. The van der Waals surface area contributed by atoms with Crippen LogP contribution in [0.25, 0.3) is 0 Å². The van der Waals surface area contributed by atoms with Gasteiger partial charge in [0.25, 0.3) is 5.91 Å².